The highest BCUT2D eigenvalue weighted by Crippen LogP contribution is 2.24. The fourth-order valence-electron chi connectivity index (χ4n) is 2.35. The molecule has 5 N–H and O–H groups in total. The monoisotopic (exact) mass is 366 g/mol. The third-order valence-electron chi connectivity index (χ3n) is 3.71. The van der Waals surface area contributed by atoms with Crippen molar-refractivity contribution in [3.8, 4) is 6.07 Å². The average molecular weight is 367 g/mol. The van der Waals surface area contributed by atoms with Crippen molar-refractivity contribution in [3.05, 3.63) is 76.1 Å². The van der Waals surface area contributed by atoms with E-state index in [1.54, 1.807) is 24.3 Å². The minimum atomic E-state index is -0.452. The molecule has 128 valence electrons. The van der Waals surface area contributed by atoms with Crippen LogP contribution in [0.3, 0.4) is 0 Å². The molecule has 0 radical (unpaired) electrons. The zero-order chi connectivity index (χ0) is 18.7. The van der Waals surface area contributed by atoms with Crippen LogP contribution >= 0.6 is 11.6 Å². The summed E-state index contributed by atoms with van der Waals surface area (Å²) >= 11 is 6.10. The van der Waals surface area contributed by atoms with Crippen LogP contribution in [0.25, 0.3) is 0 Å². The van der Waals surface area contributed by atoms with Crippen LogP contribution < -0.4 is 16.5 Å². The number of nitrogens with one attached hydrogen (secondary N) is 1. The van der Waals surface area contributed by atoms with Gasteiger partial charge in [-0.25, -0.2) is 0 Å². The highest BCUT2D eigenvalue weighted by atomic mass is 35.5. The molecule has 0 bridgehead atoms. The van der Waals surface area contributed by atoms with Gasteiger partial charge in [-0.05, 0) is 30.3 Å². The molecule has 0 fully saturated rings. The second-order valence-corrected chi connectivity index (χ2v) is 5.74. The Morgan fingerprint density at radius 2 is 2.12 bits per heavy atom. The molecule has 0 aliphatic carbocycles. The Balaban J connectivity index is 1.90. The Morgan fingerprint density at radius 3 is 2.81 bits per heavy atom. The van der Waals surface area contributed by atoms with Crippen LogP contribution in [0, 0.1) is 11.3 Å². The SMILES string of the molecule is N#Cc1cccc(C(=O)Nc2ccc(N)c(C(=[NH2+])c3cnoc3)c2)c1Cl. The number of nitrogens with two attached hydrogens (primary N) is 2. The fraction of sp³-hybridized carbons (Fsp3) is 0. The van der Waals surface area contributed by atoms with Crippen molar-refractivity contribution in [2.75, 3.05) is 11.1 Å². The molecular formula is C18H13ClN5O2+. The summed E-state index contributed by atoms with van der Waals surface area (Å²) in [6.07, 6.45) is 2.86. The summed E-state index contributed by atoms with van der Waals surface area (Å²) in [5.41, 5.74) is 8.77. The molecule has 1 aromatic heterocycles. The van der Waals surface area contributed by atoms with Gasteiger partial charge in [0.15, 0.2) is 0 Å². The van der Waals surface area contributed by atoms with Crippen molar-refractivity contribution in [1.82, 2.24) is 5.16 Å². The van der Waals surface area contributed by atoms with Crippen molar-refractivity contribution >= 4 is 34.6 Å². The zero-order valence-corrected chi connectivity index (χ0v) is 14.1. The first-order chi connectivity index (χ1) is 12.5. The summed E-state index contributed by atoms with van der Waals surface area (Å²) in [5.74, 6) is -0.452. The molecule has 3 rings (SSSR count). The van der Waals surface area contributed by atoms with Crippen LogP contribution in [0.5, 0.6) is 0 Å². The third kappa shape index (κ3) is 3.27. The van der Waals surface area contributed by atoms with E-state index >= 15 is 0 Å². The highest BCUT2D eigenvalue weighted by Gasteiger charge is 2.18. The van der Waals surface area contributed by atoms with Crippen LogP contribution in [0.1, 0.15) is 27.0 Å². The Hall–Kier alpha value is -3.63. The van der Waals surface area contributed by atoms with Gasteiger partial charge < -0.3 is 15.6 Å². The van der Waals surface area contributed by atoms with Crippen molar-refractivity contribution in [2.24, 2.45) is 0 Å². The zero-order valence-electron chi connectivity index (χ0n) is 13.4. The molecule has 26 heavy (non-hydrogen) atoms. The number of carbonyl (C=O) groups is 1. The van der Waals surface area contributed by atoms with E-state index in [4.69, 9.17) is 32.5 Å². The molecule has 8 heteroatoms. The van der Waals surface area contributed by atoms with Gasteiger partial charge in [-0.3, -0.25) is 10.2 Å². The quantitative estimate of drug-likeness (QED) is 0.477. The van der Waals surface area contributed by atoms with Gasteiger partial charge in [0, 0.05) is 11.4 Å². The van der Waals surface area contributed by atoms with E-state index in [1.165, 1.54) is 24.6 Å². The summed E-state index contributed by atoms with van der Waals surface area (Å²) in [6, 6.07) is 11.5. The first kappa shape index (κ1) is 17.2. The van der Waals surface area contributed by atoms with Crippen molar-refractivity contribution in [3.63, 3.8) is 0 Å². The largest absolute Gasteiger partial charge is 0.398 e. The van der Waals surface area contributed by atoms with Crippen molar-refractivity contribution in [1.29, 1.82) is 5.26 Å². The number of carbonyl (C=O) groups excluding carboxylic acids is 1. The summed E-state index contributed by atoms with van der Waals surface area (Å²) < 4.78 is 4.78. The predicted octanol–water partition coefficient (Wildman–Crippen LogP) is 1.63. The van der Waals surface area contributed by atoms with Gasteiger partial charge in [-0.2, -0.15) is 5.26 Å². The van der Waals surface area contributed by atoms with E-state index in [2.05, 4.69) is 10.5 Å². The Morgan fingerprint density at radius 1 is 1.31 bits per heavy atom. The van der Waals surface area contributed by atoms with Crippen LogP contribution in [0.15, 0.2) is 53.4 Å². The number of amides is 1. The van der Waals surface area contributed by atoms with E-state index in [-0.39, 0.29) is 16.1 Å². The molecule has 3 aromatic rings. The van der Waals surface area contributed by atoms with Crippen LogP contribution in [-0.4, -0.2) is 16.8 Å². The van der Waals surface area contributed by atoms with E-state index in [0.29, 0.717) is 28.2 Å². The lowest BCUT2D eigenvalue weighted by Crippen LogP contribution is -2.41. The average Bonchev–Trinajstić information content (AvgIpc) is 3.17. The number of benzene rings is 2. The maximum atomic E-state index is 12.5. The number of hydrogen-bond donors (Lipinski definition) is 3. The summed E-state index contributed by atoms with van der Waals surface area (Å²) in [6.45, 7) is 0. The molecule has 0 aliphatic heterocycles. The molecule has 0 saturated heterocycles. The second kappa shape index (κ2) is 7.09. The normalized spacial score (nSPS) is 10.2. The van der Waals surface area contributed by atoms with Gasteiger partial charge in [-0.1, -0.05) is 22.8 Å². The maximum absolute atomic E-state index is 12.5. The molecule has 0 unspecified atom stereocenters. The lowest BCUT2D eigenvalue weighted by molar-refractivity contribution is -0.111. The van der Waals surface area contributed by atoms with Crippen LogP contribution in [-0.2, 0) is 0 Å². The molecule has 0 aliphatic rings. The molecule has 0 saturated carbocycles. The summed E-state index contributed by atoms with van der Waals surface area (Å²) in [4.78, 5) is 12.5. The summed E-state index contributed by atoms with van der Waals surface area (Å²) in [7, 11) is 0. The Bertz CT molecular complexity index is 1040. The number of halogens is 1. The number of anilines is 2. The number of nitrogens with zero attached hydrogens (tertiary/aromatic N) is 2. The van der Waals surface area contributed by atoms with E-state index in [9.17, 15) is 4.79 Å². The first-order valence-corrected chi connectivity index (χ1v) is 7.81. The van der Waals surface area contributed by atoms with Gasteiger partial charge in [0.25, 0.3) is 5.91 Å². The Kier molecular flexibility index (Phi) is 4.69. The highest BCUT2D eigenvalue weighted by molar-refractivity contribution is 6.35. The molecule has 2 aromatic carbocycles. The van der Waals surface area contributed by atoms with Crippen LogP contribution in [0.2, 0.25) is 5.02 Å². The first-order valence-electron chi connectivity index (χ1n) is 7.43. The number of aromatic nitrogens is 1. The van der Waals surface area contributed by atoms with Gasteiger partial charge in [-0.15, -0.1) is 0 Å². The summed E-state index contributed by atoms with van der Waals surface area (Å²) in [5, 5.41) is 21.6. The minimum Gasteiger partial charge on any atom is -0.398 e. The topological polar surface area (TPSA) is 131 Å². The third-order valence-corrected chi connectivity index (χ3v) is 4.12. The van der Waals surface area contributed by atoms with Gasteiger partial charge >= 0.3 is 0 Å². The smallest absolute Gasteiger partial charge is 0.257 e. The molecular weight excluding hydrogens is 354 g/mol. The van der Waals surface area contributed by atoms with E-state index < -0.39 is 5.91 Å². The van der Waals surface area contributed by atoms with Gasteiger partial charge in [0.2, 0.25) is 5.71 Å². The molecule has 7 nitrogen and oxygen atoms in total. The molecule has 0 spiro atoms. The standard InChI is InChI=1S/C18H12ClN5O2/c19-16-10(7-20)2-1-3-13(16)18(25)24-12-4-5-15(21)14(6-12)17(22)11-8-23-26-9-11/h1-6,8-9,22H,21H2,(H,24,25)/p+1. The van der Waals surface area contributed by atoms with Crippen LogP contribution in [0.4, 0.5) is 11.4 Å². The van der Waals surface area contributed by atoms with Crippen molar-refractivity contribution in [2.45, 2.75) is 0 Å². The molecule has 1 heterocycles. The predicted molar refractivity (Wildman–Crippen MR) is 96.6 cm³/mol. The molecule has 0 atom stereocenters. The van der Waals surface area contributed by atoms with Gasteiger partial charge in [0.1, 0.15) is 17.9 Å². The number of rotatable bonds is 4. The van der Waals surface area contributed by atoms with Gasteiger partial charge in [0.05, 0.1) is 27.9 Å². The maximum Gasteiger partial charge on any atom is 0.257 e. The number of hydrogen-bond acceptors (Lipinski definition) is 5. The lowest BCUT2D eigenvalue weighted by atomic mass is 10.0. The second-order valence-electron chi connectivity index (χ2n) is 5.36. The van der Waals surface area contributed by atoms with E-state index in [0.717, 1.165) is 0 Å². The number of nitriles is 1. The molecule has 1 amide bonds. The van der Waals surface area contributed by atoms with E-state index in [1.807, 2.05) is 6.07 Å². The Labute approximate surface area is 153 Å². The number of nitrogen functional groups attached to an aromatic ring is 1. The fourth-order valence-corrected chi connectivity index (χ4v) is 2.61. The minimum absolute atomic E-state index is 0.0960. The van der Waals surface area contributed by atoms with Crippen molar-refractivity contribution < 1.29 is 14.7 Å². The lowest BCUT2D eigenvalue weighted by Gasteiger charge is -2.10.